The molecule has 2 aromatic carbocycles. The summed E-state index contributed by atoms with van der Waals surface area (Å²) in [4.78, 5) is 4.69. The molecule has 100 valence electrons. The maximum atomic E-state index is 5.14. The fraction of sp³-hybridized carbons (Fsp3) is 0.125. The Morgan fingerprint density at radius 3 is 2.65 bits per heavy atom. The number of anilines is 1. The van der Waals surface area contributed by atoms with E-state index in [9.17, 15) is 0 Å². The molecule has 20 heavy (non-hydrogen) atoms. The first kappa shape index (κ1) is 12.8. The van der Waals surface area contributed by atoms with E-state index in [0.29, 0.717) is 5.17 Å². The largest absolute Gasteiger partial charge is 0.474 e. The quantitative estimate of drug-likeness (QED) is 0.539. The Balaban J connectivity index is 2.38. The molecule has 0 aliphatic heterocycles. The maximum absolute atomic E-state index is 5.14. The third-order valence-corrected chi connectivity index (χ3v) is 3.52. The Labute approximate surface area is 122 Å². The van der Waals surface area contributed by atoms with E-state index in [1.165, 1.54) is 5.56 Å². The van der Waals surface area contributed by atoms with Crippen LogP contribution < -0.4 is 5.32 Å². The molecule has 0 saturated heterocycles. The van der Waals surface area contributed by atoms with Crippen LogP contribution in [0.1, 0.15) is 5.56 Å². The third kappa shape index (κ3) is 2.18. The van der Waals surface area contributed by atoms with Gasteiger partial charge in [-0.1, -0.05) is 29.8 Å². The molecule has 0 atom stereocenters. The Bertz CT molecular complexity index is 814. The highest BCUT2D eigenvalue weighted by Crippen LogP contribution is 2.31. The van der Waals surface area contributed by atoms with Crippen LogP contribution in [0.4, 0.5) is 5.69 Å². The Morgan fingerprint density at radius 2 is 1.85 bits per heavy atom. The molecule has 3 nitrogen and oxygen atoms in total. The van der Waals surface area contributed by atoms with Crippen molar-refractivity contribution in [2.45, 2.75) is 6.92 Å². The van der Waals surface area contributed by atoms with Gasteiger partial charge < -0.3 is 10.1 Å². The van der Waals surface area contributed by atoms with Gasteiger partial charge in [0, 0.05) is 10.8 Å². The van der Waals surface area contributed by atoms with Gasteiger partial charge in [-0.05, 0) is 37.3 Å². The highest BCUT2D eigenvalue weighted by Gasteiger charge is 2.10. The van der Waals surface area contributed by atoms with Crippen molar-refractivity contribution in [2.75, 3.05) is 12.4 Å². The number of nitrogens with one attached hydrogen (secondary N) is 1. The lowest BCUT2D eigenvalue weighted by Crippen LogP contribution is -2.11. The van der Waals surface area contributed by atoms with Crippen molar-refractivity contribution in [3.63, 3.8) is 0 Å². The second-order valence-electron chi connectivity index (χ2n) is 4.64. The van der Waals surface area contributed by atoms with Crippen LogP contribution in [0.2, 0.25) is 0 Å². The van der Waals surface area contributed by atoms with E-state index in [1.54, 1.807) is 7.11 Å². The highest BCUT2D eigenvalue weighted by atomic mass is 32.1. The van der Waals surface area contributed by atoms with Crippen molar-refractivity contribution in [1.82, 2.24) is 4.98 Å². The maximum Gasteiger partial charge on any atom is 0.260 e. The van der Waals surface area contributed by atoms with Gasteiger partial charge in [0.25, 0.3) is 5.17 Å². The summed E-state index contributed by atoms with van der Waals surface area (Å²) < 4.78 is 5.08. The van der Waals surface area contributed by atoms with Gasteiger partial charge in [0.2, 0.25) is 0 Å². The lowest BCUT2D eigenvalue weighted by Gasteiger charge is -2.13. The van der Waals surface area contributed by atoms with Crippen LogP contribution >= 0.6 is 12.2 Å². The van der Waals surface area contributed by atoms with E-state index in [0.717, 1.165) is 27.5 Å². The number of aromatic nitrogens is 1. The lowest BCUT2D eigenvalue weighted by atomic mass is 10.1. The average molecular weight is 282 g/mol. The van der Waals surface area contributed by atoms with Crippen LogP contribution in [0.15, 0.2) is 42.5 Å². The zero-order chi connectivity index (χ0) is 14.1. The number of aryl methyl sites for hydroxylation is 1. The van der Waals surface area contributed by atoms with Crippen LogP contribution in [0, 0.1) is 6.92 Å². The lowest BCUT2D eigenvalue weighted by molar-refractivity contribution is 0.413. The molecule has 1 N–H and O–H groups in total. The molecule has 0 aliphatic carbocycles. The van der Waals surface area contributed by atoms with Crippen molar-refractivity contribution in [2.24, 2.45) is 0 Å². The zero-order valence-corrected chi connectivity index (χ0v) is 12.1. The average Bonchev–Trinajstić information content (AvgIpc) is 2.47. The van der Waals surface area contributed by atoms with Gasteiger partial charge >= 0.3 is 0 Å². The van der Waals surface area contributed by atoms with Crippen LogP contribution in [0.25, 0.3) is 21.8 Å². The molecular weight excluding hydrogens is 268 g/mol. The van der Waals surface area contributed by atoms with Crippen LogP contribution in [0.3, 0.4) is 0 Å². The monoisotopic (exact) mass is 282 g/mol. The van der Waals surface area contributed by atoms with Gasteiger partial charge in [-0.2, -0.15) is 0 Å². The molecule has 4 heteroatoms. The van der Waals surface area contributed by atoms with Gasteiger partial charge in [-0.15, -0.1) is 0 Å². The SMILES string of the molecule is COC(=S)Nc1c2ccccc2nc2ccc(C)cc12. The molecule has 0 amide bonds. The van der Waals surface area contributed by atoms with Crippen molar-refractivity contribution in [3.8, 4) is 0 Å². The molecule has 0 saturated carbocycles. The van der Waals surface area contributed by atoms with E-state index < -0.39 is 0 Å². The summed E-state index contributed by atoms with van der Waals surface area (Å²) >= 11 is 5.14. The molecule has 1 aromatic heterocycles. The number of rotatable bonds is 1. The molecule has 0 spiro atoms. The third-order valence-electron chi connectivity index (χ3n) is 3.25. The van der Waals surface area contributed by atoms with Crippen molar-refractivity contribution in [1.29, 1.82) is 0 Å². The van der Waals surface area contributed by atoms with E-state index in [2.05, 4.69) is 29.4 Å². The number of para-hydroxylation sites is 1. The summed E-state index contributed by atoms with van der Waals surface area (Å²) in [6.07, 6.45) is 0. The molecule has 0 radical (unpaired) electrons. The molecule has 0 bridgehead atoms. The second kappa shape index (κ2) is 5.06. The van der Waals surface area contributed by atoms with E-state index in [1.807, 2.05) is 30.3 Å². The van der Waals surface area contributed by atoms with Crippen LogP contribution in [0.5, 0.6) is 0 Å². The van der Waals surface area contributed by atoms with E-state index in [-0.39, 0.29) is 0 Å². The van der Waals surface area contributed by atoms with E-state index in [4.69, 9.17) is 17.0 Å². The predicted octanol–water partition coefficient (Wildman–Crippen LogP) is 4.04. The summed E-state index contributed by atoms with van der Waals surface area (Å²) in [7, 11) is 1.56. The highest BCUT2D eigenvalue weighted by molar-refractivity contribution is 7.80. The molecule has 3 rings (SSSR count). The summed E-state index contributed by atoms with van der Waals surface area (Å²) in [5.41, 5.74) is 4.00. The van der Waals surface area contributed by atoms with Crippen LogP contribution in [-0.4, -0.2) is 17.3 Å². The van der Waals surface area contributed by atoms with Gasteiger partial charge in [-0.3, -0.25) is 0 Å². The number of ether oxygens (including phenoxy) is 1. The summed E-state index contributed by atoms with van der Waals surface area (Å²) in [6.45, 7) is 2.06. The van der Waals surface area contributed by atoms with Crippen LogP contribution in [-0.2, 0) is 4.74 Å². The van der Waals surface area contributed by atoms with Crippen molar-refractivity contribution < 1.29 is 4.74 Å². The normalized spacial score (nSPS) is 10.7. The number of hydrogen-bond acceptors (Lipinski definition) is 3. The summed E-state index contributed by atoms with van der Waals surface area (Å²) in [6, 6.07) is 14.2. The fourth-order valence-corrected chi connectivity index (χ4v) is 2.39. The minimum Gasteiger partial charge on any atom is -0.474 e. The topological polar surface area (TPSA) is 34.1 Å². The number of methoxy groups -OCH3 is 1. The Morgan fingerprint density at radius 1 is 1.10 bits per heavy atom. The number of thiocarbonyl (C=S) groups is 1. The summed E-state index contributed by atoms with van der Waals surface area (Å²) in [5, 5.41) is 5.60. The first-order valence-corrected chi connectivity index (χ1v) is 6.74. The molecule has 0 unspecified atom stereocenters. The first-order chi connectivity index (χ1) is 9.69. The van der Waals surface area contributed by atoms with Gasteiger partial charge in [0.05, 0.1) is 23.8 Å². The number of fused-ring (bicyclic) bond motifs is 2. The predicted molar refractivity (Wildman–Crippen MR) is 87.2 cm³/mol. The van der Waals surface area contributed by atoms with Crippen molar-refractivity contribution >= 4 is 44.9 Å². The second-order valence-corrected chi connectivity index (χ2v) is 5.01. The minimum absolute atomic E-state index is 0.351. The number of benzene rings is 2. The Kier molecular flexibility index (Phi) is 3.24. The molecule has 3 aromatic rings. The summed E-state index contributed by atoms with van der Waals surface area (Å²) in [5.74, 6) is 0. The van der Waals surface area contributed by atoms with Gasteiger partial charge in [0.1, 0.15) is 0 Å². The zero-order valence-electron chi connectivity index (χ0n) is 11.3. The molecule has 0 fully saturated rings. The number of pyridine rings is 1. The number of nitrogens with zero attached hydrogens (tertiary/aromatic N) is 1. The fourth-order valence-electron chi connectivity index (χ4n) is 2.29. The molecular formula is C16H14N2OS. The standard InChI is InChI=1S/C16H14N2OS/c1-10-7-8-14-12(9-10)15(18-16(20)19-2)11-5-3-4-6-13(11)17-14/h3-9H,1-2H3,(H,17,18,20). The number of hydrogen-bond donors (Lipinski definition) is 1. The first-order valence-electron chi connectivity index (χ1n) is 6.33. The molecule has 1 heterocycles. The smallest absolute Gasteiger partial charge is 0.260 e. The molecule has 0 aliphatic rings. The van der Waals surface area contributed by atoms with E-state index >= 15 is 0 Å². The van der Waals surface area contributed by atoms with Gasteiger partial charge in [0.15, 0.2) is 0 Å². The Hall–Kier alpha value is -2.20. The van der Waals surface area contributed by atoms with Gasteiger partial charge in [-0.25, -0.2) is 4.98 Å². The van der Waals surface area contributed by atoms with Crippen molar-refractivity contribution in [3.05, 3.63) is 48.0 Å². The minimum atomic E-state index is 0.351.